The van der Waals surface area contributed by atoms with Crippen LogP contribution in [0.2, 0.25) is 0 Å². The number of benzene rings is 1. The molecule has 1 unspecified atom stereocenters. The summed E-state index contributed by atoms with van der Waals surface area (Å²) in [5.41, 5.74) is 0.367. The van der Waals surface area contributed by atoms with Crippen LogP contribution in [-0.2, 0) is 14.8 Å². The SMILES string of the molecule is N#Cc1cccc(S(=O)(=O)N2CCCN(CC3CCCO3)CC2)c1. The lowest BCUT2D eigenvalue weighted by molar-refractivity contribution is 0.0749. The smallest absolute Gasteiger partial charge is 0.243 e. The van der Waals surface area contributed by atoms with Gasteiger partial charge in [0.15, 0.2) is 0 Å². The summed E-state index contributed by atoms with van der Waals surface area (Å²) in [5.74, 6) is 0. The minimum atomic E-state index is -3.54. The molecule has 0 aliphatic carbocycles. The third-order valence-electron chi connectivity index (χ3n) is 4.63. The first-order chi connectivity index (χ1) is 11.6. The molecule has 1 atom stereocenters. The van der Waals surface area contributed by atoms with E-state index in [1.807, 2.05) is 6.07 Å². The molecule has 0 amide bonds. The van der Waals surface area contributed by atoms with Crippen molar-refractivity contribution >= 4 is 10.0 Å². The number of rotatable bonds is 4. The van der Waals surface area contributed by atoms with Crippen molar-refractivity contribution in [2.45, 2.75) is 30.3 Å². The Balaban J connectivity index is 1.67. The summed E-state index contributed by atoms with van der Waals surface area (Å²) < 4.78 is 32.9. The number of nitrogens with zero attached hydrogens (tertiary/aromatic N) is 3. The molecule has 2 aliphatic rings. The molecule has 2 fully saturated rings. The molecule has 6 nitrogen and oxygen atoms in total. The molecule has 2 heterocycles. The lowest BCUT2D eigenvalue weighted by Gasteiger charge is -2.24. The van der Waals surface area contributed by atoms with Gasteiger partial charge in [0.25, 0.3) is 0 Å². The van der Waals surface area contributed by atoms with Crippen LogP contribution in [0.15, 0.2) is 29.2 Å². The van der Waals surface area contributed by atoms with Gasteiger partial charge in [-0.1, -0.05) is 6.07 Å². The van der Waals surface area contributed by atoms with Crippen molar-refractivity contribution in [2.75, 3.05) is 39.3 Å². The summed E-state index contributed by atoms with van der Waals surface area (Å²) >= 11 is 0. The molecule has 2 aliphatic heterocycles. The Bertz CT molecular complexity index is 708. The molecule has 2 saturated heterocycles. The molecule has 3 rings (SSSR count). The summed E-state index contributed by atoms with van der Waals surface area (Å²) in [6.45, 7) is 4.33. The van der Waals surface area contributed by atoms with E-state index in [9.17, 15) is 8.42 Å². The van der Waals surface area contributed by atoms with E-state index in [0.29, 0.717) is 24.8 Å². The molecule has 0 aromatic heterocycles. The van der Waals surface area contributed by atoms with Crippen LogP contribution in [0.4, 0.5) is 0 Å². The molecular weight excluding hydrogens is 326 g/mol. The zero-order valence-corrected chi connectivity index (χ0v) is 14.5. The third-order valence-corrected chi connectivity index (χ3v) is 6.53. The Labute approximate surface area is 143 Å². The second-order valence-corrected chi connectivity index (χ2v) is 8.27. The first-order valence-corrected chi connectivity index (χ1v) is 9.88. The Morgan fingerprint density at radius 1 is 1.21 bits per heavy atom. The van der Waals surface area contributed by atoms with Gasteiger partial charge >= 0.3 is 0 Å². The van der Waals surface area contributed by atoms with Gasteiger partial charge in [0.1, 0.15) is 0 Å². The van der Waals surface area contributed by atoms with E-state index in [1.165, 1.54) is 6.07 Å². The highest BCUT2D eigenvalue weighted by Crippen LogP contribution is 2.20. The van der Waals surface area contributed by atoms with Crippen molar-refractivity contribution in [3.05, 3.63) is 29.8 Å². The van der Waals surface area contributed by atoms with Gasteiger partial charge in [0, 0.05) is 32.8 Å². The van der Waals surface area contributed by atoms with Crippen LogP contribution >= 0.6 is 0 Å². The van der Waals surface area contributed by atoms with Gasteiger partial charge in [-0.2, -0.15) is 9.57 Å². The Hall–Kier alpha value is -1.46. The zero-order valence-electron chi connectivity index (χ0n) is 13.7. The molecule has 0 spiro atoms. The maximum atomic E-state index is 12.8. The van der Waals surface area contributed by atoms with Crippen LogP contribution in [0.1, 0.15) is 24.8 Å². The van der Waals surface area contributed by atoms with Crippen LogP contribution in [0.5, 0.6) is 0 Å². The fourth-order valence-electron chi connectivity index (χ4n) is 3.32. The van der Waals surface area contributed by atoms with E-state index in [0.717, 1.165) is 45.5 Å². The van der Waals surface area contributed by atoms with Crippen molar-refractivity contribution in [3.63, 3.8) is 0 Å². The number of hydrogen-bond donors (Lipinski definition) is 0. The molecule has 0 N–H and O–H groups in total. The maximum Gasteiger partial charge on any atom is 0.243 e. The second-order valence-electron chi connectivity index (χ2n) is 6.33. The number of nitriles is 1. The number of sulfonamides is 1. The fourth-order valence-corrected chi connectivity index (χ4v) is 4.84. The normalized spacial score (nSPS) is 23.7. The standard InChI is InChI=1S/C17H23N3O3S/c18-13-15-4-1-6-17(12-15)24(21,22)20-8-3-7-19(9-10-20)14-16-5-2-11-23-16/h1,4,6,12,16H,2-3,5,7-11,14H2. The Morgan fingerprint density at radius 2 is 2.08 bits per heavy atom. The van der Waals surface area contributed by atoms with Gasteiger partial charge in [-0.3, -0.25) is 4.90 Å². The highest BCUT2D eigenvalue weighted by Gasteiger charge is 2.28. The van der Waals surface area contributed by atoms with Crippen molar-refractivity contribution in [2.24, 2.45) is 0 Å². The number of ether oxygens (including phenoxy) is 1. The molecule has 0 saturated carbocycles. The van der Waals surface area contributed by atoms with E-state index in [4.69, 9.17) is 10.00 Å². The highest BCUT2D eigenvalue weighted by molar-refractivity contribution is 7.89. The molecule has 0 bridgehead atoms. The van der Waals surface area contributed by atoms with E-state index in [2.05, 4.69) is 4.90 Å². The van der Waals surface area contributed by atoms with Crippen LogP contribution in [-0.4, -0.2) is 63.1 Å². The van der Waals surface area contributed by atoms with Gasteiger partial charge in [-0.05, 0) is 44.0 Å². The van der Waals surface area contributed by atoms with Gasteiger partial charge < -0.3 is 4.74 Å². The first kappa shape index (κ1) is 17.4. The molecule has 130 valence electrons. The topological polar surface area (TPSA) is 73.6 Å². The van der Waals surface area contributed by atoms with Crippen LogP contribution in [0.25, 0.3) is 0 Å². The van der Waals surface area contributed by atoms with Gasteiger partial charge in [0.05, 0.1) is 22.6 Å². The number of hydrogen-bond acceptors (Lipinski definition) is 5. The lowest BCUT2D eigenvalue weighted by atomic mass is 10.2. The zero-order chi connectivity index (χ0) is 17.0. The monoisotopic (exact) mass is 349 g/mol. The first-order valence-electron chi connectivity index (χ1n) is 8.44. The van der Waals surface area contributed by atoms with Crippen molar-refractivity contribution in [1.82, 2.24) is 9.21 Å². The van der Waals surface area contributed by atoms with E-state index in [1.54, 1.807) is 22.5 Å². The van der Waals surface area contributed by atoms with Crippen molar-refractivity contribution in [1.29, 1.82) is 5.26 Å². The molecule has 0 radical (unpaired) electrons. The van der Waals surface area contributed by atoms with E-state index < -0.39 is 10.0 Å². The van der Waals surface area contributed by atoms with Gasteiger partial charge in [-0.15, -0.1) is 0 Å². The molecular formula is C17H23N3O3S. The van der Waals surface area contributed by atoms with Crippen LogP contribution in [0.3, 0.4) is 0 Å². The predicted molar refractivity (Wildman–Crippen MR) is 89.9 cm³/mol. The van der Waals surface area contributed by atoms with Crippen LogP contribution in [0, 0.1) is 11.3 Å². The lowest BCUT2D eigenvalue weighted by Crippen LogP contribution is -2.37. The molecule has 1 aromatic carbocycles. The molecule has 24 heavy (non-hydrogen) atoms. The average Bonchev–Trinajstić information content (AvgIpc) is 2.98. The average molecular weight is 349 g/mol. The third kappa shape index (κ3) is 3.95. The summed E-state index contributed by atoms with van der Waals surface area (Å²) in [5, 5.41) is 8.98. The maximum absolute atomic E-state index is 12.8. The minimum Gasteiger partial charge on any atom is -0.377 e. The Kier molecular flexibility index (Phi) is 5.51. The second kappa shape index (κ2) is 7.62. The van der Waals surface area contributed by atoms with Crippen molar-refractivity contribution in [3.8, 4) is 6.07 Å². The fraction of sp³-hybridized carbons (Fsp3) is 0.588. The summed E-state index contributed by atoms with van der Waals surface area (Å²) in [7, 11) is -3.54. The van der Waals surface area contributed by atoms with Crippen LogP contribution < -0.4 is 0 Å². The van der Waals surface area contributed by atoms with Gasteiger partial charge in [-0.25, -0.2) is 8.42 Å². The van der Waals surface area contributed by atoms with Crippen molar-refractivity contribution < 1.29 is 13.2 Å². The van der Waals surface area contributed by atoms with Gasteiger partial charge in [0.2, 0.25) is 10.0 Å². The Morgan fingerprint density at radius 3 is 2.83 bits per heavy atom. The molecule has 7 heteroatoms. The minimum absolute atomic E-state index is 0.203. The summed E-state index contributed by atoms with van der Waals surface area (Å²) in [6.07, 6.45) is 3.32. The summed E-state index contributed by atoms with van der Waals surface area (Å²) in [6, 6.07) is 8.24. The quantitative estimate of drug-likeness (QED) is 0.822. The largest absolute Gasteiger partial charge is 0.377 e. The highest BCUT2D eigenvalue weighted by atomic mass is 32.2. The van der Waals surface area contributed by atoms with E-state index >= 15 is 0 Å². The predicted octanol–water partition coefficient (Wildman–Crippen LogP) is 1.43. The molecule has 1 aromatic rings. The van der Waals surface area contributed by atoms with E-state index in [-0.39, 0.29) is 4.90 Å². The summed E-state index contributed by atoms with van der Waals surface area (Å²) in [4.78, 5) is 2.51.